The zero-order valence-electron chi connectivity index (χ0n) is 20.3. The van der Waals surface area contributed by atoms with Gasteiger partial charge in [0, 0.05) is 17.3 Å². The molecule has 7 heteroatoms. The van der Waals surface area contributed by atoms with E-state index in [2.05, 4.69) is 0 Å². The summed E-state index contributed by atoms with van der Waals surface area (Å²) in [6.07, 6.45) is -0.481. The lowest BCUT2D eigenvalue weighted by Crippen LogP contribution is -2.73. The SMILES string of the molecule is [2H]CCOC(CC[2H])(C(N)=O)C(OCC[2H])(C(N)=O)C(=O)C(c1ccccc1)c1ccccc1. The molecule has 0 saturated heterocycles. The van der Waals surface area contributed by atoms with Crippen LogP contribution in [0.1, 0.15) is 48.3 Å². The molecule has 0 bridgehead atoms. The zero-order chi connectivity index (χ0) is 25.2. The molecule has 0 aliphatic heterocycles. The van der Waals surface area contributed by atoms with Crippen LogP contribution in [-0.4, -0.2) is 42.0 Å². The lowest BCUT2D eigenvalue weighted by molar-refractivity contribution is -0.208. The van der Waals surface area contributed by atoms with E-state index in [-0.39, 0.29) is 20.4 Å². The van der Waals surface area contributed by atoms with Crippen LogP contribution in [0, 0.1) is 0 Å². The molecule has 2 atom stereocenters. The second kappa shape index (κ2) is 10.3. The van der Waals surface area contributed by atoms with Crippen LogP contribution in [0.2, 0.25) is 0 Å². The molecule has 7 nitrogen and oxygen atoms in total. The maximum Gasteiger partial charge on any atom is 0.261 e. The van der Waals surface area contributed by atoms with Gasteiger partial charge in [0.15, 0.2) is 11.4 Å². The normalized spacial score (nSPS) is 16.4. The second-order valence-corrected chi connectivity index (χ2v) is 6.80. The Kier molecular flexibility index (Phi) is 6.63. The summed E-state index contributed by atoms with van der Waals surface area (Å²) in [7, 11) is 0. The topological polar surface area (TPSA) is 122 Å². The molecule has 0 fully saturated rings. The minimum atomic E-state index is -2.74. The summed E-state index contributed by atoms with van der Waals surface area (Å²) >= 11 is 0. The molecule has 2 amide bonds. The Morgan fingerprint density at radius 3 is 1.77 bits per heavy atom. The molecule has 0 heterocycles. The van der Waals surface area contributed by atoms with E-state index in [9.17, 15) is 14.4 Å². The maximum atomic E-state index is 14.4. The van der Waals surface area contributed by atoms with E-state index in [1.807, 2.05) is 0 Å². The van der Waals surface area contributed by atoms with Crippen molar-refractivity contribution >= 4 is 17.6 Å². The summed E-state index contributed by atoms with van der Waals surface area (Å²) in [6.45, 7) is -1.90. The van der Waals surface area contributed by atoms with E-state index in [4.69, 9.17) is 25.1 Å². The van der Waals surface area contributed by atoms with Gasteiger partial charge in [-0.2, -0.15) is 0 Å². The third kappa shape index (κ3) is 4.24. The number of rotatable bonds is 12. The molecular formula is C24H30N2O5. The highest BCUT2D eigenvalue weighted by atomic mass is 16.6. The van der Waals surface area contributed by atoms with Gasteiger partial charge in [0.25, 0.3) is 11.8 Å². The fraction of sp³-hybridized carbons (Fsp3) is 0.375. The standard InChI is InChI=1S/C24H30N2O5/c1-4-23(21(25)28,30-5-2)24(22(26)29,31-6-3)20(27)19(17-13-9-7-10-14-17)18-15-11-8-12-16-18/h7-16,19H,4-6H2,1-3H3,(H2,25,28)(H2,26,29)/i1D,2D,3D. The number of ether oxygens (including phenoxy) is 2. The van der Waals surface area contributed by atoms with Crippen LogP contribution in [0.15, 0.2) is 60.7 Å². The summed E-state index contributed by atoms with van der Waals surface area (Å²) in [5.74, 6) is -4.54. The van der Waals surface area contributed by atoms with E-state index in [0.717, 1.165) is 0 Å². The zero-order valence-corrected chi connectivity index (χ0v) is 17.3. The molecule has 4 N–H and O–H groups in total. The largest absolute Gasteiger partial charge is 0.367 e. The fourth-order valence-corrected chi connectivity index (χ4v) is 3.81. The van der Waals surface area contributed by atoms with Gasteiger partial charge < -0.3 is 20.9 Å². The van der Waals surface area contributed by atoms with E-state index < -0.39 is 54.6 Å². The Hall–Kier alpha value is -3.03. The predicted molar refractivity (Wildman–Crippen MR) is 117 cm³/mol. The van der Waals surface area contributed by atoms with Crippen molar-refractivity contribution in [3.05, 3.63) is 71.8 Å². The van der Waals surface area contributed by atoms with Gasteiger partial charge in [0.05, 0.1) is 5.92 Å². The molecule has 2 rings (SSSR count). The van der Waals surface area contributed by atoms with Crippen LogP contribution in [0.25, 0.3) is 0 Å². The first-order valence-electron chi connectivity index (χ1n) is 11.8. The molecule has 31 heavy (non-hydrogen) atoms. The Morgan fingerprint density at radius 2 is 1.35 bits per heavy atom. The van der Waals surface area contributed by atoms with Gasteiger partial charge in [-0.05, 0) is 31.3 Å². The fourth-order valence-electron chi connectivity index (χ4n) is 3.81. The van der Waals surface area contributed by atoms with Crippen molar-refractivity contribution in [3.63, 3.8) is 0 Å². The highest BCUT2D eigenvalue weighted by molar-refractivity contribution is 6.17. The maximum absolute atomic E-state index is 14.4. The molecule has 0 spiro atoms. The van der Waals surface area contributed by atoms with E-state index in [1.54, 1.807) is 60.7 Å². The first-order chi connectivity index (χ1) is 16.3. The Balaban J connectivity index is 2.89. The number of primary amides is 2. The molecule has 2 aromatic carbocycles. The van der Waals surface area contributed by atoms with Crippen LogP contribution in [0.5, 0.6) is 0 Å². The van der Waals surface area contributed by atoms with Crippen molar-refractivity contribution in [3.8, 4) is 0 Å². The third-order valence-electron chi connectivity index (χ3n) is 5.21. The number of carbonyl (C=O) groups excluding carboxylic acids is 3. The summed E-state index contributed by atoms with van der Waals surface area (Å²) in [6, 6.07) is 17.2. The smallest absolute Gasteiger partial charge is 0.261 e. The molecule has 0 saturated carbocycles. The number of Topliss-reactive ketones (excluding diaryl/α,β-unsaturated/α-hetero) is 1. The minimum Gasteiger partial charge on any atom is -0.367 e. The van der Waals surface area contributed by atoms with Crippen molar-refractivity contribution < 1.29 is 28.0 Å². The molecule has 0 aromatic heterocycles. The van der Waals surface area contributed by atoms with Crippen molar-refractivity contribution in [2.24, 2.45) is 11.5 Å². The number of ketones is 1. The van der Waals surface area contributed by atoms with Crippen LogP contribution in [0.3, 0.4) is 0 Å². The predicted octanol–water partition coefficient (Wildman–Crippen LogP) is 2.32. The van der Waals surface area contributed by atoms with Crippen molar-refractivity contribution in [1.29, 1.82) is 0 Å². The van der Waals surface area contributed by atoms with Crippen molar-refractivity contribution in [1.82, 2.24) is 0 Å². The van der Waals surface area contributed by atoms with Crippen LogP contribution in [-0.2, 0) is 23.9 Å². The number of carbonyl (C=O) groups is 3. The molecule has 166 valence electrons. The quantitative estimate of drug-likeness (QED) is 0.502. The van der Waals surface area contributed by atoms with E-state index >= 15 is 0 Å². The molecule has 2 unspecified atom stereocenters. The van der Waals surface area contributed by atoms with Crippen LogP contribution >= 0.6 is 0 Å². The summed E-state index contributed by atoms with van der Waals surface area (Å²) in [4.78, 5) is 40.5. The number of hydrogen-bond donors (Lipinski definition) is 2. The second-order valence-electron chi connectivity index (χ2n) is 6.80. The van der Waals surface area contributed by atoms with Gasteiger partial charge in [-0.15, -0.1) is 0 Å². The van der Waals surface area contributed by atoms with Gasteiger partial charge in [0.1, 0.15) is 0 Å². The Morgan fingerprint density at radius 1 is 0.839 bits per heavy atom. The first-order valence-corrected chi connectivity index (χ1v) is 9.72. The third-order valence-corrected chi connectivity index (χ3v) is 5.21. The number of nitrogens with two attached hydrogens (primary N) is 2. The lowest BCUT2D eigenvalue weighted by Gasteiger charge is -2.45. The minimum absolute atomic E-state index is 0.310. The van der Waals surface area contributed by atoms with Gasteiger partial charge in [-0.25, -0.2) is 0 Å². The summed E-state index contributed by atoms with van der Waals surface area (Å²) in [5.41, 5.74) is 7.32. The van der Waals surface area contributed by atoms with Gasteiger partial charge in [-0.3, -0.25) is 14.4 Å². The van der Waals surface area contributed by atoms with Crippen LogP contribution < -0.4 is 11.5 Å². The molecular weight excluding hydrogens is 396 g/mol. The molecule has 0 aliphatic carbocycles. The van der Waals surface area contributed by atoms with Gasteiger partial charge >= 0.3 is 0 Å². The van der Waals surface area contributed by atoms with Crippen molar-refractivity contribution in [2.75, 3.05) is 13.2 Å². The molecule has 0 radical (unpaired) electrons. The van der Waals surface area contributed by atoms with E-state index in [1.165, 1.54) is 0 Å². The Labute approximate surface area is 186 Å². The van der Waals surface area contributed by atoms with Gasteiger partial charge in [0.2, 0.25) is 5.60 Å². The highest BCUT2D eigenvalue weighted by Gasteiger charge is 2.66. The lowest BCUT2D eigenvalue weighted by atomic mass is 9.69. The van der Waals surface area contributed by atoms with Crippen LogP contribution in [0.4, 0.5) is 0 Å². The van der Waals surface area contributed by atoms with Crippen molar-refractivity contribution in [2.45, 2.75) is 44.2 Å². The average Bonchev–Trinajstić information content (AvgIpc) is 2.84. The van der Waals surface area contributed by atoms with E-state index in [0.29, 0.717) is 11.1 Å². The summed E-state index contributed by atoms with van der Waals surface area (Å²) < 4.78 is 34.2. The Bertz CT molecular complexity index is 924. The number of hydrogen-bond acceptors (Lipinski definition) is 5. The monoisotopic (exact) mass is 429 g/mol. The molecule has 0 aliphatic rings. The first kappa shape index (κ1) is 19.9. The number of amides is 2. The van der Waals surface area contributed by atoms with Gasteiger partial charge in [-0.1, -0.05) is 67.6 Å². The summed E-state index contributed by atoms with van der Waals surface area (Å²) in [5, 5.41) is 0. The average molecular weight is 430 g/mol. The highest BCUT2D eigenvalue weighted by Crippen LogP contribution is 2.40. The number of benzene rings is 2. The molecule has 2 aromatic rings.